The van der Waals surface area contributed by atoms with E-state index in [1.807, 2.05) is 0 Å². The number of methoxy groups -OCH3 is 3. The van der Waals surface area contributed by atoms with Gasteiger partial charge in [-0.05, 0) is 25.7 Å². The fourth-order valence-corrected chi connectivity index (χ4v) is 0.789. The molecule has 0 N–H and O–H groups in total. The lowest BCUT2D eigenvalue weighted by atomic mass is 10.2. The minimum Gasteiger partial charge on any atom is -0.385 e. The third-order valence-electron chi connectivity index (χ3n) is 2.18. The van der Waals surface area contributed by atoms with Crippen LogP contribution in [0.25, 0.3) is 0 Å². The van der Waals surface area contributed by atoms with Crippen LogP contribution in [0.2, 0.25) is 0 Å². The maximum absolute atomic E-state index is 4.90. The van der Waals surface area contributed by atoms with Crippen molar-refractivity contribution in [1.29, 1.82) is 0 Å². The summed E-state index contributed by atoms with van der Waals surface area (Å²) in [5, 5.41) is 0. The van der Waals surface area contributed by atoms with E-state index in [4.69, 9.17) is 14.2 Å². The third-order valence-corrected chi connectivity index (χ3v) is 2.18. The van der Waals surface area contributed by atoms with Gasteiger partial charge in [0.1, 0.15) is 0 Å². The van der Waals surface area contributed by atoms with E-state index in [1.165, 1.54) is 12.8 Å². The van der Waals surface area contributed by atoms with Gasteiger partial charge in [0, 0.05) is 34.5 Å². The minimum absolute atomic E-state index is 0.435. The summed E-state index contributed by atoms with van der Waals surface area (Å²) in [6.45, 7) is 12.4. The Morgan fingerprint density at radius 3 is 1.50 bits per heavy atom. The number of unbranched alkanes of at least 4 members (excludes halogenated alkanes) is 1. The molecule has 0 saturated heterocycles. The van der Waals surface area contributed by atoms with Crippen molar-refractivity contribution >= 4 is 0 Å². The Morgan fingerprint density at radius 2 is 1.44 bits per heavy atom. The topological polar surface area (TPSA) is 27.7 Å². The standard InChI is InChI=1S/3C5H12O/c1-5(2)4-6-3;1-4-5(2)6-3;1-3-4-5-6-2/h2*5H,4H2,1-3H3;3-5H2,1-2H3. The molecule has 0 aliphatic rings. The number of rotatable bonds is 7. The lowest BCUT2D eigenvalue weighted by Gasteiger charge is -2.01. The van der Waals surface area contributed by atoms with Crippen LogP contribution in [0.1, 0.15) is 53.9 Å². The predicted octanol–water partition coefficient (Wildman–Crippen LogP) is 4.15. The Bertz CT molecular complexity index is 108. The Hall–Kier alpha value is -0.120. The molecule has 0 aromatic heterocycles. The van der Waals surface area contributed by atoms with Gasteiger partial charge in [0.2, 0.25) is 0 Å². The molecule has 0 aromatic rings. The van der Waals surface area contributed by atoms with Gasteiger partial charge in [-0.25, -0.2) is 0 Å². The Kier molecular flexibility index (Phi) is 28.2. The Labute approximate surface area is 115 Å². The summed E-state index contributed by atoms with van der Waals surface area (Å²) in [5.41, 5.74) is 0. The number of hydrogen-bond donors (Lipinski definition) is 0. The van der Waals surface area contributed by atoms with Crippen LogP contribution in [0.3, 0.4) is 0 Å². The van der Waals surface area contributed by atoms with E-state index in [1.54, 1.807) is 21.3 Å². The van der Waals surface area contributed by atoms with Gasteiger partial charge in [-0.1, -0.05) is 34.1 Å². The zero-order valence-corrected chi connectivity index (χ0v) is 13.9. The molecule has 0 aliphatic carbocycles. The van der Waals surface area contributed by atoms with Gasteiger partial charge in [-0.2, -0.15) is 0 Å². The second-order valence-corrected chi connectivity index (χ2v) is 4.65. The summed E-state index contributed by atoms with van der Waals surface area (Å²) in [4.78, 5) is 0. The summed E-state index contributed by atoms with van der Waals surface area (Å²) in [7, 11) is 5.18. The van der Waals surface area contributed by atoms with E-state index in [-0.39, 0.29) is 0 Å². The highest BCUT2D eigenvalue weighted by Crippen LogP contribution is 1.90. The average Bonchev–Trinajstić information content (AvgIpc) is 2.36. The van der Waals surface area contributed by atoms with E-state index in [2.05, 4.69) is 34.6 Å². The quantitative estimate of drug-likeness (QED) is 0.646. The normalized spacial score (nSPS) is 11.2. The fraction of sp³-hybridized carbons (Fsp3) is 1.00. The van der Waals surface area contributed by atoms with Gasteiger partial charge in [0.05, 0.1) is 6.10 Å². The zero-order valence-electron chi connectivity index (χ0n) is 13.9. The first-order valence-corrected chi connectivity index (χ1v) is 7.00. The lowest BCUT2D eigenvalue weighted by Crippen LogP contribution is -2.00. The first kappa shape index (κ1) is 23.0. The van der Waals surface area contributed by atoms with Crippen LogP contribution in [0.15, 0.2) is 0 Å². The summed E-state index contributed by atoms with van der Waals surface area (Å²) in [6, 6.07) is 0. The number of hydrogen-bond acceptors (Lipinski definition) is 3. The van der Waals surface area contributed by atoms with Crippen molar-refractivity contribution in [2.75, 3.05) is 34.5 Å². The maximum atomic E-state index is 4.90. The molecule has 18 heavy (non-hydrogen) atoms. The van der Waals surface area contributed by atoms with Crippen molar-refractivity contribution in [3.63, 3.8) is 0 Å². The van der Waals surface area contributed by atoms with Gasteiger partial charge in [-0.3, -0.25) is 0 Å². The summed E-state index contributed by atoms with van der Waals surface area (Å²) >= 11 is 0. The lowest BCUT2D eigenvalue weighted by molar-refractivity contribution is 0.115. The first-order valence-electron chi connectivity index (χ1n) is 7.00. The fourth-order valence-electron chi connectivity index (χ4n) is 0.789. The molecule has 0 amide bonds. The van der Waals surface area contributed by atoms with Gasteiger partial charge >= 0.3 is 0 Å². The molecule has 3 heteroatoms. The molecule has 0 aliphatic heterocycles. The van der Waals surface area contributed by atoms with Crippen molar-refractivity contribution in [3.8, 4) is 0 Å². The SMILES string of the molecule is CCC(C)OC.CCCCOC.COCC(C)C. The molecule has 0 bridgehead atoms. The molecule has 0 radical (unpaired) electrons. The van der Waals surface area contributed by atoms with E-state index in [0.29, 0.717) is 12.0 Å². The predicted molar refractivity (Wildman–Crippen MR) is 80.3 cm³/mol. The summed E-state index contributed by atoms with van der Waals surface area (Å²) in [5.74, 6) is 0.676. The molecular weight excluding hydrogens is 228 g/mol. The third kappa shape index (κ3) is 36.0. The average molecular weight is 264 g/mol. The van der Waals surface area contributed by atoms with Crippen molar-refractivity contribution in [1.82, 2.24) is 0 Å². The van der Waals surface area contributed by atoms with Gasteiger partial charge < -0.3 is 14.2 Å². The van der Waals surface area contributed by atoms with Crippen LogP contribution >= 0.6 is 0 Å². The highest BCUT2D eigenvalue weighted by Gasteiger charge is 1.88. The van der Waals surface area contributed by atoms with E-state index >= 15 is 0 Å². The molecule has 114 valence electrons. The van der Waals surface area contributed by atoms with Crippen molar-refractivity contribution < 1.29 is 14.2 Å². The second kappa shape index (κ2) is 22.1. The smallest absolute Gasteiger partial charge is 0.0540 e. The van der Waals surface area contributed by atoms with Gasteiger partial charge in [-0.15, -0.1) is 0 Å². The van der Waals surface area contributed by atoms with E-state index < -0.39 is 0 Å². The molecular formula is C15H36O3. The maximum Gasteiger partial charge on any atom is 0.0540 e. The minimum atomic E-state index is 0.435. The van der Waals surface area contributed by atoms with Crippen molar-refractivity contribution in [2.24, 2.45) is 5.92 Å². The molecule has 0 saturated carbocycles. The largest absolute Gasteiger partial charge is 0.385 e. The molecule has 1 unspecified atom stereocenters. The van der Waals surface area contributed by atoms with E-state index in [9.17, 15) is 0 Å². The zero-order chi connectivity index (χ0) is 14.8. The molecule has 1 atom stereocenters. The Morgan fingerprint density at radius 1 is 0.889 bits per heavy atom. The Balaban J connectivity index is -0.000000187. The molecule has 0 heterocycles. The van der Waals surface area contributed by atoms with Gasteiger partial charge in [0.25, 0.3) is 0 Å². The highest BCUT2D eigenvalue weighted by atomic mass is 16.5. The van der Waals surface area contributed by atoms with Crippen LogP contribution in [-0.2, 0) is 14.2 Å². The van der Waals surface area contributed by atoms with Crippen LogP contribution < -0.4 is 0 Å². The summed E-state index contributed by atoms with van der Waals surface area (Å²) < 4.78 is 14.5. The molecule has 0 rings (SSSR count). The molecule has 3 nitrogen and oxygen atoms in total. The number of ether oxygens (including phenoxy) is 3. The van der Waals surface area contributed by atoms with Crippen LogP contribution in [0.5, 0.6) is 0 Å². The van der Waals surface area contributed by atoms with Crippen LogP contribution in [-0.4, -0.2) is 40.6 Å². The molecule has 0 aromatic carbocycles. The van der Waals surface area contributed by atoms with Gasteiger partial charge in [0.15, 0.2) is 0 Å². The van der Waals surface area contributed by atoms with Crippen molar-refractivity contribution in [2.45, 2.75) is 60.0 Å². The molecule has 0 spiro atoms. The second-order valence-electron chi connectivity index (χ2n) is 4.65. The summed E-state index contributed by atoms with van der Waals surface area (Å²) in [6.07, 6.45) is 3.96. The van der Waals surface area contributed by atoms with Crippen LogP contribution in [0.4, 0.5) is 0 Å². The van der Waals surface area contributed by atoms with E-state index in [0.717, 1.165) is 19.6 Å². The first-order chi connectivity index (χ1) is 8.49. The van der Waals surface area contributed by atoms with Crippen LogP contribution in [0, 0.1) is 5.92 Å². The highest BCUT2D eigenvalue weighted by molar-refractivity contribution is 4.38. The monoisotopic (exact) mass is 264 g/mol. The van der Waals surface area contributed by atoms with Crippen molar-refractivity contribution in [3.05, 3.63) is 0 Å². The molecule has 0 fully saturated rings.